The lowest BCUT2D eigenvalue weighted by atomic mass is 10.0. The first kappa shape index (κ1) is 16.3. The van der Waals surface area contributed by atoms with Crippen LogP contribution in [0.15, 0.2) is 24.3 Å². The van der Waals surface area contributed by atoms with Gasteiger partial charge in [-0.1, -0.05) is 26.0 Å². The van der Waals surface area contributed by atoms with E-state index in [1.165, 1.54) is 0 Å². The van der Waals surface area contributed by atoms with E-state index < -0.39 is 0 Å². The van der Waals surface area contributed by atoms with Crippen LogP contribution in [0.2, 0.25) is 0 Å². The van der Waals surface area contributed by atoms with Crippen LogP contribution in [0.25, 0.3) is 0 Å². The molecule has 1 fully saturated rings. The fraction of sp³-hybridized carbons (Fsp3) is 0.529. The molecular weight excluding hydrogens is 278 g/mol. The minimum absolute atomic E-state index is 0.0747. The molecule has 0 spiro atoms. The van der Waals surface area contributed by atoms with Gasteiger partial charge in [-0.05, 0) is 23.6 Å². The Balaban J connectivity index is 1.87. The number of rotatable bonds is 4. The van der Waals surface area contributed by atoms with Gasteiger partial charge in [0.25, 0.3) is 0 Å². The zero-order valence-corrected chi connectivity index (χ0v) is 13.2. The fourth-order valence-electron chi connectivity index (χ4n) is 2.80. The van der Waals surface area contributed by atoms with Crippen molar-refractivity contribution in [1.29, 1.82) is 5.26 Å². The Kier molecular flexibility index (Phi) is 5.40. The van der Waals surface area contributed by atoms with Gasteiger partial charge in [-0.2, -0.15) is 5.26 Å². The Morgan fingerprint density at radius 2 is 1.82 bits per heavy atom. The normalized spacial score (nSPS) is 17.3. The first-order valence-electron chi connectivity index (χ1n) is 7.70. The van der Waals surface area contributed by atoms with Crippen molar-refractivity contribution in [2.75, 3.05) is 26.2 Å². The molecule has 0 saturated carbocycles. The van der Waals surface area contributed by atoms with Crippen LogP contribution in [0, 0.1) is 17.2 Å². The maximum Gasteiger partial charge on any atom is 0.227 e. The molecule has 2 rings (SSSR count). The summed E-state index contributed by atoms with van der Waals surface area (Å²) >= 11 is 0. The number of carbonyl (C=O) groups is 1. The van der Waals surface area contributed by atoms with Crippen molar-refractivity contribution in [1.82, 2.24) is 9.80 Å². The molecule has 0 radical (unpaired) electrons. The van der Waals surface area contributed by atoms with Crippen molar-refractivity contribution >= 4 is 5.91 Å². The summed E-state index contributed by atoms with van der Waals surface area (Å²) in [5, 5.41) is 18.5. The standard InChI is InChI=1S/C17H23N3O2/c1-13(2)16(12-18)19-7-9-20(10-8-19)17(22)11-14-3-5-15(21)6-4-14/h3-6,13,16,21H,7-11H2,1-2H3. The Morgan fingerprint density at radius 1 is 1.23 bits per heavy atom. The van der Waals surface area contributed by atoms with Crippen molar-refractivity contribution in [2.24, 2.45) is 5.92 Å². The topological polar surface area (TPSA) is 67.6 Å². The van der Waals surface area contributed by atoms with Crippen LogP contribution in [-0.2, 0) is 11.2 Å². The molecule has 5 heteroatoms. The van der Waals surface area contributed by atoms with E-state index in [1.54, 1.807) is 24.3 Å². The quantitative estimate of drug-likeness (QED) is 0.918. The molecule has 1 aromatic rings. The maximum absolute atomic E-state index is 12.3. The zero-order valence-electron chi connectivity index (χ0n) is 13.2. The van der Waals surface area contributed by atoms with Gasteiger partial charge < -0.3 is 10.0 Å². The van der Waals surface area contributed by atoms with Crippen LogP contribution in [-0.4, -0.2) is 53.0 Å². The number of carbonyl (C=O) groups excluding carboxylic acids is 1. The van der Waals surface area contributed by atoms with Crippen molar-refractivity contribution in [3.05, 3.63) is 29.8 Å². The Labute approximate surface area is 131 Å². The number of benzene rings is 1. The first-order valence-corrected chi connectivity index (χ1v) is 7.70. The van der Waals surface area contributed by atoms with Crippen LogP contribution in [0.5, 0.6) is 5.75 Å². The molecule has 1 aliphatic heterocycles. The number of hydrogen-bond donors (Lipinski definition) is 1. The summed E-state index contributed by atoms with van der Waals surface area (Å²) in [4.78, 5) is 16.3. The third-order valence-corrected chi connectivity index (χ3v) is 4.12. The van der Waals surface area contributed by atoms with Gasteiger partial charge in [0.1, 0.15) is 11.8 Å². The third-order valence-electron chi connectivity index (χ3n) is 4.12. The fourth-order valence-corrected chi connectivity index (χ4v) is 2.80. The monoisotopic (exact) mass is 301 g/mol. The second-order valence-electron chi connectivity index (χ2n) is 6.08. The summed E-state index contributed by atoms with van der Waals surface area (Å²) in [6.45, 7) is 6.94. The first-order chi connectivity index (χ1) is 10.5. The number of piperazine rings is 1. The van der Waals surface area contributed by atoms with Gasteiger partial charge in [0, 0.05) is 26.2 Å². The van der Waals surface area contributed by atoms with Gasteiger partial charge in [-0.15, -0.1) is 0 Å². The Bertz CT molecular complexity index is 540. The van der Waals surface area contributed by atoms with Gasteiger partial charge in [0.2, 0.25) is 5.91 Å². The number of aromatic hydroxyl groups is 1. The maximum atomic E-state index is 12.3. The van der Waals surface area contributed by atoms with E-state index in [9.17, 15) is 15.2 Å². The highest BCUT2D eigenvalue weighted by Gasteiger charge is 2.27. The highest BCUT2D eigenvalue weighted by Crippen LogP contribution is 2.15. The van der Waals surface area contributed by atoms with Gasteiger partial charge >= 0.3 is 0 Å². The predicted octanol–water partition coefficient (Wildman–Crippen LogP) is 1.63. The average Bonchev–Trinajstić information content (AvgIpc) is 2.50. The smallest absolute Gasteiger partial charge is 0.227 e. The number of hydrogen-bond acceptors (Lipinski definition) is 4. The van der Waals surface area contributed by atoms with Crippen molar-refractivity contribution in [2.45, 2.75) is 26.3 Å². The van der Waals surface area contributed by atoms with Crippen LogP contribution in [0.1, 0.15) is 19.4 Å². The minimum atomic E-state index is -0.0747. The molecule has 1 heterocycles. The van der Waals surface area contributed by atoms with E-state index in [1.807, 2.05) is 4.90 Å². The molecule has 1 N–H and O–H groups in total. The summed E-state index contributed by atoms with van der Waals surface area (Å²) < 4.78 is 0. The molecule has 118 valence electrons. The molecule has 1 atom stereocenters. The number of phenolic OH excluding ortho intramolecular Hbond substituents is 1. The largest absolute Gasteiger partial charge is 0.508 e. The summed E-state index contributed by atoms with van der Waals surface area (Å²) in [5.74, 6) is 0.605. The average molecular weight is 301 g/mol. The molecule has 1 unspecified atom stereocenters. The zero-order chi connectivity index (χ0) is 16.1. The molecule has 5 nitrogen and oxygen atoms in total. The summed E-state index contributed by atoms with van der Waals surface area (Å²) in [5.41, 5.74) is 0.905. The molecular formula is C17H23N3O2. The van der Waals surface area contributed by atoms with Crippen LogP contribution >= 0.6 is 0 Å². The van der Waals surface area contributed by atoms with Crippen molar-refractivity contribution in [3.63, 3.8) is 0 Å². The number of nitriles is 1. The van der Waals surface area contributed by atoms with Gasteiger partial charge in [0.05, 0.1) is 12.5 Å². The molecule has 0 bridgehead atoms. The molecule has 1 amide bonds. The van der Waals surface area contributed by atoms with Gasteiger partial charge in [-0.3, -0.25) is 9.69 Å². The van der Waals surface area contributed by atoms with Crippen molar-refractivity contribution < 1.29 is 9.90 Å². The molecule has 1 aliphatic rings. The molecule has 22 heavy (non-hydrogen) atoms. The van der Waals surface area contributed by atoms with E-state index in [4.69, 9.17) is 0 Å². The lowest BCUT2D eigenvalue weighted by molar-refractivity contribution is -0.132. The highest BCUT2D eigenvalue weighted by atomic mass is 16.3. The molecule has 1 aromatic carbocycles. The number of amides is 1. The Morgan fingerprint density at radius 3 is 2.32 bits per heavy atom. The summed E-state index contributed by atoms with van der Waals surface area (Å²) in [6.07, 6.45) is 0.353. The Hall–Kier alpha value is -2.06. The number of nitrogens with zero attached hydrogens (tertiary/aromatic N) is 3. The second-order valence-corrected chi connectivity index (χ2v) is 6.08. The van der Waals surface area contributed by atoms with E-state index in [0.717, 1.165) is 18.7 Å². The summed E-state index contributed by atoms with van der Waals surface area (Å²) in [6, 6.07) is 9.02. The lowest BCUT2D eigenvalue weighted by Gasteiger charge is -2.38. The highest BCUT2D eigenvalue weighted by molar-refractivity contribution is 5.78. The van der Waals surface area contributed by atoms with E-state index >= 15 is 0 Å². The van der Waals surface area contributed by atoms with Crippen LogP contribution in [0.3, 0.4) is 0 Å². The predicted molar refractivity (Wildman–Crippen MR) is 84.2 cm³/mol. The van der Waals surface area contributed by atoms with Crippen LogP contribution in [0.4, 0.5) is 0 Å². The third kappa shape index (κ3) is 3.99. The molecule has 0 aliphatic carbocycles. The van der Waals surface area contributed by atoms with Crippen molar-refractivity contribution in [3.8, 4) is 11.8 Å². The SMILES string of the molecule is CC(C)C(C#N)N1CCN(C(=O)Cc2ccc(O)cc2)CC1. The van der Waals surface area contributed by atoms with Gasteiger partial charge in [0.15, 0.2) is 0 Å². The molecule has 1 saturated heterocycles. The van der Waals surface area contributed by atoms with Crippen LogP contribution < -0.4 is 0 Å². The van der Waals surface area contributed by atoms with E-state index in [2.05, 4.69) is 24.8 Å². The minimum Gasteiger partial charge on any atom is -0.508 e. The van der Waals surface area contributed by atoms with E-state index in [0.29, 0.717) is 25.4 Å². The molecule has 0 aromatic heterocycles. The number of phenols is 1. The lowest BCUT2D eigenvalue weighted by Crippen LogP contribution is -2.53. The second kappa shape index (κ2) is 7.28. The summed E-state index contributed by atoms with van der Waals surface area (Å²) in [7, 11) is 0. The van der Waals surface area contributed by atoms with Gasteiger partial charge in [-0.25, -0.2) is 0 Å². The van der Waals surface area contributed by atoms with E-state index in [-0.39, 0.29) is 17.7 Å².